The molecule has 9 nitrogen and oxygen atoms in total. The Labute approximate surface area is 115 Å². The van der Waals surface area contributed by atoms with Gasteiger partial charge in [0.05, 0.1) is 0 Å². The van der Waals surface area contributed by atoms with E-state index in [-0.39, 0.29) is 5.91 Å². The maximum atomic E-state index is 11.1. The van der Waals surface area contributed by atoms with Crippen molar-refractivity contribution in [2.75, 3.05) is 31.3 Å². The van der Waals surface area contributed by atoms with Crippen LogP contribution in [0.3, 0.4) is 0 Å². The van der Waals surface area contributed by atoms with Crippen LogP contribution in [0.4, 0.5) is 11.9 Å². The first-order valence-corrected chi connectivity index (χ1v) is 6.11. The molecule has 2 rings (SSSR count). The van der Waals surface area contributed by atoms with Gasteiger partial charge in [-0.1, -0.05) is 0 Å². The lowest BCUT2D eigenvalue weighted by Crippen LogP contribution is -2.21. The first kappa shape index (κ1) is 13.7. The molecule has 9 heteroatoms. The van der Waals surface area contributed by atoms with Crippen molar-refractivity contribution in [1.29, 1.82) is 0 Å². The molecule has 106 valence electrons. The molecule has 2 heterocycles. The predicted molar refractivity (Wildman–Crippen MR) is 73.7 cm³/mol. The highest BCUT2D eigenvalue weighted by atomic mass is 16.1. The molecule has 0 unspecified atom stereocenters. The van der Waals surface area contributed by atoms with Crippen molar-refractivity contribution in [2.45, 2.75) is 6.42 Å². The Bertz CT molecular complexity index is 568. The predicted octanol–water partition coefficient (Wildman–Crippen LogP) is -0.353. The lowest BCUT2D eigenvalue weighted by atomic mass is 10.4. The smallest absolute Gasteiger partial charge is 0.257 e. The molecule has 0 saturated heterocycles. The second-order valence-corrected chi connectivity index (χ2v) is 3.83. The lowest BCUT2D eigenvalue weighted by Gasteiger charge is -2.08. The fourth-order valence-corrected chi connectivity index (χ4v) is 1.46. The third-order valence-electron chi connectivity index (χ3n) is 2.47. The Kier molecular flexibility index (Phi) is 4.43. The van der Waals surface area contributed by atoms with Gasteiger partial charge in [-0.25, -0.2) is 4.68 Å². The van der Waals surface area contributed by atoms with Gasteiger partial charge in [-0.3, -0.25) is 4.79 Å². The molecule has 20 heavy (non-hydrogen) atoms. The van der Waals surface area contributed by atoms with Crippen LogP contribution in [-0.4, -0.2) is 51.3 Å². The van der Waals surface area contributed by atoms with Gasteiger partial charge >= 0.3 is 0 Å². The van der Waals surface area contributed by atoms with Gasteiger partial charge in [-0.05, 0) is 6.07 Å². The molecule has 0 spiro atoms. The second-order valence-electron chi connectivity index (χ2n) is 3.83. The van der Waals surface area contributed by atoms with E-state index in [9.17, 15) is 4.79 Å². The number of carbonyl (C=O) groups is 1. The summed E-state index contributed by atoms with van der Waals surface area (Å²) in [5.74, 6) is 1.16. The van der Waals surface area contributed by atoms with Crippen molar-refractivity contribution >= 4 is 17.8 Å². The second kappa shape index (κ2) is 6.45. The zero-order valence-electron chi connectivity index (χ0n) is 11.3. The van der Waals surface area contributed by atoms with E-state index in [2.05, 4.69) is 36.0 Å². The van der Waals surface area contributed by atoms with Crippen LogP contribution in [0.1, 0.15) is 6.42 Å². The van der Waals surface area contributed by atoms with Crippen molar-refractivity contribution in [3.05, 3.63) is 18.5 Å². The summed E-state index contributed by atoms with van der Waals surface area (Å²) in [5.41, 5.74) is 0. The monoisotopic (exact) mass is 276 g/mol. The molecular weight excluding hydrogens is 260 g/mol. The third-order valence-corrected chi connectivity index (χ3v) is 2.47. The molecule has 2 aromatic heterocycles. The van der Waals surface area contributed by atoms with Gasteiger partial charge in [0.15, 0.2) is 0 Å². The number of anilines is 2. The fraction of sp³-hybridized carbons (Fsp3) is 0.364. The Balaban J connectivity index is 2.12. The Hall–Kier alpha value is -2.71. The molecule has 0 fully saturated rings. The van der Waals surface area contributed by atoms with Gasteiger partial charge in [0.1, 0.15) is 0 Å². The minimum atomic E-state index is -0.0484. The number of amides is 1. The Morgan fingerprint density at radius 2 is 2.05 bits per heavy atom. The van der Waals surface area contributed by atoms with E-state index in [1.54, 1.807) is 32.6 Å². The summed E-state index contributed by atoms with van der Waals surface area (Å²) in [4.78, 5) is 23.8. The summed E-state index contributed by atoms with van der Waals surface area (Å²) in [5, 5.41) is 12.5. The molecule has 0 aliphatic heterocycles. The number of nitrogens with one attached hydrogen (secondary N) is 3. The summed E-state index contributed by atoms with van der Waals surface area (Å²) in [6.45, 7) is 0.436. The summed E-state index contributed by atoms with van der Waals surface area (Å²) < 4.78 is 1.53. The van der Waals surface area contributed by atoms with Gasteiger partial charge in [0.2, 0.25) is 17.8 Å². The molecule has 0 aliphatic rings. The van der Waals surface area contributed by atoms with E-state index < -0.39 is 0 Å². The molecule has 0 aliphatic carbocycles. The molecule has 0 aromatic carbocycles. The van der Waals surface area contributed by atoms with E-state index >= 15 is 0 Å². The summed E-state index contributed by atoms with van der Waals surface area (Å²) in [6.07, 6.45) is 3.72. The van der Waals surface area contributed by atoms with Crippen LogP contribution in [-0.2, 0) is 4.79 Å². The van der Waals surface area contributed by atoms with Crippen molar-refractivity contribution in [1.82, 2.24) is 30.0 Å². The van der Waals surface area contributed by atoms with Crippen molar-refractivity contribution < 1.29 is 4.79 Å². The maximum Gasteiger partial charge on any atom is 0.257 e. The minimum absolute atomic E-state index is 0.0484. The van der Waals surface area contributed by atoms with Crippen LogP contribution in [0.25, 0.3) is 5.95 Å². The van der Waals surface area contributed by atoms with E-state index in [1.165, 1.54) is 4.68 Å². The largest absolute Gasteiger partial charge is 0.359 e. The van der Waals surface area contributed by atoms with Crippen LogP contribution in [0, 0.1) is 0 Å². The lowest BCUT2D eigenvalue weighted by molar-refractivity contribution is -0.120. The van der Waals surface area contributed by atoms with E-state index in [0.29, 0.717) is 30.8 Å². The van der Waals surface area contributed by atoms with Crippen LogP contribution in [0.5, 0.6) is 0 Å². The van der Waals surface area contributed by atoms with Gasteiger partial charge < -0.3 is 16.0 Å². The van der Waals surface area contributed by atoms with Crippen LogP contribution in [0.2, 0.25) is 0 Å². The molecule has 1 amide bonds. The van der Waals surface area contributed by atoms with Crippen molar-refractivity contribution in [3.63, 3.8) is 0 Å². The minimum Gasteiger partial charge on any atom is -0.359 e. The molecule has 0 radical (unpaired) electrons. The SMILES string of the molecule is CNC(=O)CCNc1nc(NC)nc(-n2cccn2)n1. The molecule has 0 atom stereocenters. The fourth-order valence-electron chi connectivity index (χ4n) is 1.46. The quantitative estimate of drug-likeness (QED) is 0.661. The number of aromatic nitrogens is 5. The zero-order valence-corrected chi connectivity index (χ0v) is 11.3. The first-order chi connectivity index (χ1) is 9.72. The molecule has 0 bridgehead atoms. The van der Waals surface area contributed by atoms with E-state index in [4.69, 9.17) is 0 Å². The average Bonchev–Trinajstić information content (AvgIpc) is 3.01. The van der Waals surface area contributed by atoms with Gasteiger partial charge in [0, 0.05) is 39.5 Å². The molecular formula is C11H16N8O. The highest BCUT2D eigenvalue weighted by molar-refractivity contribution is 5.75. The van der Waals surface area contributed by atoms with E-state index in [0.717, 1.165) is 0 Å². The zero-order chi connectivity index (χ0) is 14.4. The van der Waals surface area contributed by atoms with Crippen molar-refractivity contribution in [2.24, 2.45) is 0 Å². The number of hydrogen-bond acceptors (Lipinski definition) is 7. The van der Waals surface area contributed by atoms with Gasteiger partial charge in [-0.15, -0.1) is 0 Å². The van der Waals surface area contributed by atoms with Crippen LogP contribution in [0.15, 0.2) is 18.5 Å². The highest BCUT2D eigenvalue weighted by Gasteiger charge is 2.07. The van der Waals surface area contributed by atoms with Crippen molar-refractivity contribution in [3.8, 4) is 5.95 Å². The molecule has 3 N–H and O–H groups in total. The maximum absolute atomic E-state index is 11.1. The molecule has 0 saturated carbocycles. The number of hydrogen-bond donors (Lipinski definition) is 3. The van der Waals surface area contributed by atoms with Gasteiger partial charge in [-0.2, -0.15) is 20.1 Å². The van der Waals surface area contributed by atoms with Crippen LogP contribution < -0.4 is 16.0 Å². The highest BCUT2D eigenvalue weighted by Crippen LogP contribution is 2.08. The van der Waals surface area contributed by atoms with E-state index in [1.807, 2.05) is 0 Å². The Morgan fingerprint density at radius 3 is 2.70 bits per heavy atom. The standard InChI is InChI=1S/C11H16N8O/c1-12-8(20)4-6-14-10-16-9(13-2)17-11(18-10)19-7-3-5-15-19/h3,5,7H,4,6H2,1-2H3,(H,12,20)(H2,13,14,16,17,18). The Morgan fingerprint density at radius 1 is 1.25 bits per heavy atom. The summed E-state index contributed by atoms with van der Waals surface area (Å²) in [6, 6.07) is 1.78. The van der Waals surface area contributed by atoms with Crippen LogP contribution >= 0.6 is 0 Å². The normalized spacial score (nSPS) is 10.1. The topological polar surface area (TPSA) is 110 Å². The molecule has 2 aromatic rings. The number of carbonyl (C=O) groups excluding carboxylic acids is 1. The third kappa shape index (κ3) is 3.40. The first-order valence-electron chi connectivity index (χ1n) is 6.11. The summed E-state index contributed by atoms with van der Waals surface area (Å²) in [7, 11) is 3.32. The summed E-state index contributed by atoms with van der Waals surface area (Å²) >= 11 is 0. The number of nitrogens with zero attached hydrogens (tertiary/aromatic N) is 5. The van der Waals surface area contributed by atoms with Gasteiger partial charge in [0.25, 0.3) is 5.95 Å². The number of rotatable bonds is 6. The average molecular weight is 276 g/mol.